The molecule has 3 heteroatoms. The van der Waals surface area contributed by atoms with Gasteiger partial charge in [0, 0.05) is 4.90 Å². The van der Waals surface area contributed by atoms with E-state index in [0.717, 1.165) is 4.90 Å². The average Bonchev–Trinajstić information content (AvgIpc) is 1.88. The van der Waals surface area contributed by atoms with Crippen molar-refractivity contribution in [1.29, 1.82) is 5.41 Å². The van der Waals surface area contributed by atoms with E-state index in [2.05, 4.69) is 0 Å². The average molecular weight is 172 g/mol. The molecule has 1 aromatic carbocycles. The Balaban J connectivity index is 2.67. The van der Waals surface area contributed by atoms with Crippen LogP contribution in [0.5, 0.6) is 0 Å². The summed E-state index contributed by atoms with van der Waals surface area (Å²) in [5.41, 5.74) is 0. The smallest absolute Gasteiger partial charge is 0.160 e. The minimum absolute atomic E-state index is 0.103. The van der Waals surface area contributed by atoms with Crippen molar-refractivity contribution in [2.45, 2.75) is 4.90 Å². The van der Waals surface area contributed by atoms with Gasteiger partial charge in [0.25, 0.3) is 0 Å². The van der Waals surface area contributed by atoms with E-state index < -0.39 is 0 Å². The van der Waals surface area contributed by atoms with Crippen LogP contribution in [0.15, 0.2) is 35.2 Å². The first-order valence-electron chi connectivity index (χ1n) is 2.76. The number of rotatable bonds is 1. The van der Waals surface area contributed by atoms with Crippen LogP contribution in [0.2, 0.25) is 0 Å². The summed E-state index contributed by atoms with van der Waals surface area (Å²) in [6.07, 6.45) is 0. The molecule has 1 aromatic rings. The fourth-order valence-corrected chi connectivity index (χ4v) is 1.36. The first-order chi connectivity index (χ1) is 4.79. The molecule has 0 bridgehead atoms. The SMILES string of the molecule is N=C(Cl)Sc1ccccc1. The maximum atomic E-state index is 6.96. The predicted octanol–water partition coefficient (Wildman–Crippen LogP) is 2.95. The molecule has 0 saturated heterocycles. The number of benzene rings is 1. The molecule has 0 saturated carbocycles. The van der Waals surface area contributed by atoms with Crippen molar-refractivity contribution >= 4 is 27.9 Å². The fraction of sp³-hybridized carbons (Fsp3) is 0. The van der Waals surface area contributed by atoms with Gasteiger partial charge in [0.15, 0.2) is 4.50 Å². The van der Waals surface area contributed by atoms with Crippen LogP contribution < -0.4 is 0 Å². The molecule has 1 rings (SSSR count). The highest BCUT2D eigenvalue weighted by Gasteiger charge is 1.93. The van der Waals surface area contributed by atoms with Gasteiger partial charge >= 0.3 is 0 Å². The Labute approximate surface area is 68.9 Å². The number of nitrogens with one attached hydrogen (secondary N) is 1. The van der Waals surface area contributed by atoms with Crippen molar-refractivity contribution in [3.05, 3.63) is 30.3 Å². The summed E-state index contributed by atoms with van der Waals surface area (Å²) in [5, 5.41) is 6.96. The van der Waals surface area contributed by atoms with Crippen LogP contribution in [-0.4, -0.2) is 4.50 Å². The fourth-order valence-electron chi connectivity index (χ4n) is 0.592. The minimum atomic E-state index is 0.103. The van der Waals surface area contributed by atoms with Crippen molar-refractivity contribution in [3.63, 3.8) is 0 Å². The second-order valence-corrected chi connectivity index (χ2v) is 3.37. The van der Waals surface area contributed by atoms with Crippen LogP contribution in [0, 0.1) is 5.41 Å². The topological polar surface area (TPSA) is 23.9 Å². The van der Waals surface area contributed by atoms with Crippen LogP contribution in [-0.2, 0) is 0 Å². The van der Waals surface area contributed by atoms with E-state index in [1.54, 1.807) is 0 Å². The van der Waals surface area contributed by atoms with E-state index in [1.807, 2.05) is 30.3 Å². The summed E-state index contributed by atoms with van der Waals surface area (Å²) in [5.74, 6) is 0. The number of halogens is 1. The van der Waals surface area contributed by atoms with Crippen molar-refractivity contribution in [3.8, 4) is 0 Å². The normalized spacial score (nSPS) is 9.30. The third kappa shape index (κ3) is 2.42. The molecule has 0 fully saturated rings. The van der Waals surface area contributed by atoms with Crippen molar-refractivity contribution in [2.24, 2.45) is 0 Å². The van der Waals surface area contributed by atoms with Gasteiger partial charge in [0.1, 0.15) is 0 Å². The van der Waals surface area contributed by atoms with Gasteiger partial charge in [-0.05, 0) is 12.1 Å². The van der Waals surface area contributed by atoms with E-state index in [9.17, 15) is 0 Å². The molecule has 0 amide bonds. The highest BCUT2D eigenvalue weighted by Crippen LogP contribution is 2.19. The Morgan fingerprint density at radius 2 is 1.90 bits per heavy atom. The molecule has 0 aliphatic carbocycles. The van der Waals surface area contributed by atoms with E-state index in [0.29, 0.717) is 0 Å². The molecule has 10 heavy (non-hydrogen) atoms. The first-order valence-corrected chi connectivity index (χ1v) is 3.95. The van der Waals surface area contributed by atoms with Gasteiger partial charge in [0.05, 0.1) is 0 Å². The summed E-state index contributed by atoms with van der Waals surface area (Å²) in [7, 11) is 0. The number of thioether (sulfide) groups is 1. The number of hydrogen-bond acceptors (Lipinski definition) is 2. The molecule has 1 nitrogen and oxygen atoms in total. The zero-order valence-corrected chi connectivity index (χ0v) is 6.75. The van der Waals surface area contributed by atoms with Crippen LogP contribution in [0.25, 0.3) is 0 Å². The largest absolute Gasteiger partial charge is 0.283 e. The lowest BCUT2D eigenvalue weighted by Gasteiger charge is -1.93. The Morgan fingerprint density at radius 1 is 1.30 bits per heavy atom. The molecular weight excluding hydrogens is 166 g/mol. The van der Waals surface area contributed by atoms with Crippen molar-refractivity contribution in [1.82, 2.24) is 0 Å². The Hall–Kier alpha value is -0.470. The summed E-state index contributed by atoms with van der Waals surface area (Å²) in [6, 6.07) is 9.61. The second kappa shape index (κ2) is 3.64. The molecule has 0 unspecified atom stereocenters. The molecule has 52 valence electrons. The standard InChI is InChI=1S/C7H6ClNS/c8-7(9)10-6-4-2-1-3-5-6/h1-5,9H. The van der Waals surface area contributed by atoms with Gasteiger partial charge in [-0.1, -0.05) is 41.6 Å². The van der Waals surface area contributed by atoms with Crippen LogP contribution in [0.3, 0.4) is 0 Å². The minimum Gasteiger partial charge on any atom is -0.283 e. The van der Waals surface area contributed by atoms with Gasteiger partial charge in [-0.15, -0.1) is 0 Å². The summed E-state index contributed by atoms with van der Waals surface area (Å²) in [6.45, 7) is 0. The van der Waals surface area contributed by atoms with Gasteiger partial charge in [-0.25, -0.2) is 0 Å². The molecule has 0 aromatic heterocycles. The van der Waals surface area contributed by atoms with E-state index >= 15 is 0 Å². The van der Waals surface area contributed by atoms with Crippen LogP contribution in [0.4, 0.5) is 0 Å². The lowest BCUT2D eigenvalue weighted by atomic mass is 10.4. The van der Waals surface area contributed by atoms with Crippen LogP contribution >= 0.6 is 23.4 Å². The monoisotopic (exact) mass is 171 g/mol. The lowest BCUT2D eigenvalue weighted by molar-refractivity contribution is 1.47. The maximum absolute atomic E-state index is 6.96. The molecule has 0 radical (unpaired) electrons. The summed E-state index contributed by atoms with van der Waals surface area (Å²) in [4.78, 5) is 1.00. The van der Waals surface area contributed by atoms with Gasteiger partial charge < -0.3 is 0 Å². The van der Waals surface area contributed by atoms with Crippen molar-refractivity contribution in [2.75, 3.05) is 0 Å². The van der Waals surface area contributed by atoms with E-state index in [1.165, 1.54) is 11.8 Å². The van der Waals surface area contributed by atoms with Gasteiger partial charge in [-0.3, -0.25) is 5.41 Å². The molecular formula is C7H6ClNS. The highest BCUT2D eigenvalue weighted by molar-refractivity contribution is 8.16. The quantitative estimate of drug-likeness (QED) is 0.392. The third-order valence-electron chi connectivity index (χ3n) is 0.951. The lowest BCUT2D eigenvalue weighted by Crippen LogP contribution is -1.73. The summed E-state index contributed by atoms with van der Waals surface area (Å²) < 4.78 is 0.103. The number of hydrogen-bond donors (Lipinski definition) is 1. The molecule has 0 heterocycles. The summed E-state index contributed by atoms with van der Waals surface area (Å²) >= 11 is 6.61. The third-order valence-corrected chi connectivity index (χ3v) is 1.87. The molecule has 0 atom stereocenters. The Bertz CT molecular complexity index is 222. The molecule has 1 N–H and O–H groups in total. The van der Waals surface area contributed by atoms with Gasteiger partial charge in [-0.2, -0.15) is 0 Å². The van der Waals surface area contributed by atoms with E-state index in [4.69, 9.17) is 17.0 Å². The Kier molecular flexibility index (Phi) is 2.78. The second-order valence-electron chi connectivity index (χ2n) is 1.69. The van der Waals surface area contributed by atoms with Gasteiger partial charge in [0.2, 0.25) is 0 Å². The molecule has 0 aliphatic rings. The first kappa shape index (κ1) is 7.63. The maximum Gasteiger partial charge on any atom is 0.160 e. The highest BCUT2D eigenvalue weighted by atomic mass is 35.5. The Morgan fingerprint density at radius 3 is 2.40 bits per heavy atom. The van der Waals surface area contributed by atoms with E-state index in [-0.39, 0.29) is 4.50 Å². The zero-order chi connectivity index (χ0) is 7.40. The van der Waals surface area contributed by atoms with Crippen LogP contribution in [0.1, 0.15) is 0 Å². The zero-order valence-electron chi connectivity index (χ0n) is 5.17. The molecule has 0 aliphatic heterocycles. The predicted molar refractivity (Wildman–Crippen MR) is 45.9 cm³/mol. The van der Waals surface area contributed by atoms with Crippen molar-refractivity contribution < 1.29 is 0 Å². The molecule has 0 spiro atoms.